The van der Waals surface area contributed by atoms with Gasteiger partial charge in [-0.1, -0.05) is 37.3 Å². The quantitative estimate of drug-likeness (QED) is 0.716. The van der Waals surface area contributed by atoms with E-state index in [4.69, 9.17) is 0 Å². The second kappa shape index (κ2) is 10.3. The standard InChI is InChI=1S/C23H29FN4O2/c1-3-17-6-4-5-7-20(17)26-23(30)22(29)25-16-21(18-8-10-19(24)11-9-18)28-14-12-27(2)13-15-28/h4-11,21H,3,12-16H2,1-2H3,(H,25,29)(H,26,30)/t21-/m1/s1. The van der Waals surface area contributed by atoms with Gasteiger partial charge in [0.15, 0.2) is 0 Å². The number of carbonyl (C=O) groups excluding carboxylic acids is 2. The fourth-order valence-corrected chi connectivity index (χ4v) is 3.68. The average Bonchev–Trinajstić information content (AvgIpc) is 2.76. The van der Waals surface area contributed by atoms with Crippen LogP contribution in [0, 0.1) is 5.82 Å². The Labute approximate surface area is 177 Å². The fourth-order valence-electron chi connectivity index (χ4n) is 3.68. The minimum absolute atomic E-state index is 0.126. The number of nitrogens with zero attached hydrogens (tertiary/aromatic N) is 2. The van der Waals surface area contributed by atoms with Gasteiger partial charge in [-0.05, 0) is 42.8 Å². The number of carbonyl (C=O) groups is 2. The van der Waals surface area contributed by atoms with Crippen LogP contribution >= 0.6 is 0 Å². The van der Waals surface area contributed by atoms with Crippen LogP contribution in [-0.4, -0.2) is 61.4 Å². The molecular weight excluding hydrogens is 383 g/mol. The topological polar surface area (TPSA) is 64.7 Å². The maximum atomic E-state index is 13.4. The zero-order valence-electron chi connectivity index (χ0n) is 17.5. The van der Waals surface area contributed by atoms with E-state index in [0.29, 0.717) is 5.69 Å². The maximum Gasteiger partial charge on any atom is 0.313 e. The molecule has 1 atom stereocenters. The van der Waals surface area contributed by atoms with E-state index >= 15 is 0 Å². The summed E-state index contributed by atoms with van der Waals surface area (Å²) < 4.78 is 13.4. The van der Waals surface area contributed by atoms with Crippen LogP contribution in [0.15, 0.2) is 48.5 Å². The van der Waals surface area contributed by atoms with Gasteiger partial charge in [0.25, 0.3) is 0 Å². The van der Waals surface area contributed by atoms with Crippen LogP contribution in [0.5, 0.6) is 0 Å². The summed E-state index contributed by atoms with van der Waals surface area (Å²) >= 11 is 0. The minimum atomic E-state index is -0.688. The van der Waals surface area contributed by atoms with Gasteiger partial charge in [0.05, 0.1) is 6.04 Å². The number of halogens is 1. The van der Waals surface area contributed by atoms with Crippen molar-refractivity contribution in [2.45, 2.75) is 19.4 Å². The molecule has 0 spiro atoms. The van der Waals surface area contributed by atoms with Crippen molar-refractivity contribution in [2.75, 3.05) is 45.1 Å². The molecule has 7 heteroatoms. The van der Waals surface area contributed by atoms with Gasteiger partial charge in [0.2, 0.25) is 0 Å². The summed E-state index contributed by atoms with van der Waals surface area (Å²) in [6, 6.07) is 13.6. The summed E-state index contributed by atoms with van der Waals surface area (Å²) in [6.07, 6.45) is 0.758. The monoisotopic (exact) mass is 412 g/mol. The second-order valence-electron chi connectivity index (χ2n) is 7.58. The molecule has 2 amide bonds. The lowest BCUT2D eigenvalue weighted by molar-refractivity contribution is -0.136. The molecule has 0 bridgehead atoms. The maximum absolute atomic E-state index is 13.4. The predicted molar refractivity (Wildman–Crippen MR) is 116 cm³/mol. The van der Waals surface area contributed by atoms with Crippen LogP contribution in [0.2, 0.25) is 0 Å². The Kier molecular flexibility index (Phi) is 7.54. The number of aryl methyl sites for hydroxylation is 1. The first-order chi connectivity index (χ1) is 14.5. The van der Waals surface area contributed by atoms with E-state index in [1.54, 1.807) is 18.2 Å². The Hall–Kier alpha value is -2.77. The number of hydrogen-bond donors (Lipinski definition) is 2. The van der Waals surface area contributed by atoms with Gasteiger partial charge in [-0.2, -0.15) is 0 Å². The van der Waals surface area contributed by atoms with E-state index in [0.717, 1.165) is 43.7 Å². The van der Waals surface area contributed by atoms with Gasteiger partial charge in [-0.25, -0.2) is 4.39 Å². The zero-order valence-corrected chi connectivity index (χ0v) is 17.5. The van der Waals surface area contributed by atoms with Gasteiger partial charge in [-0.15, -0.1) is 0 Å². The van der Waals surface area contributed by atoms with Crippen LogP contribution in [0.4, 0.5) is 10.1 Å². The smallest absolute Gasteiger partial charge is 0.313 e. The fraction of sp³-hybridized carbons (Fsp3) is 0.391. The number of anilines is 1. The lowest BCUT2D eigenvalue weighted by Gasteiger charge is -2.38. The molecule has 1 aliphatic heterocycles. The number of likely N-dealkylation sites (N-methyl/N-ethyl adjacent to an activating group) is 1. The van der Waals surface area contributed by atoms with Crippen molar-refractivity contribution in [3.8, 4) is 0 Å². The highest BCUT2D eigenvalue weighted by molar-refractivity contribution is 6.39. The van der Waals surface area contributed by atoms with Crippen LogP contribution in [0.25, 0.3) is 0 Å². The molecule has 30 heavy (non-hydrogen) atoms. The van der Waals surface area contributed by atoms with E-state index in [1.807, 2.05) is 25.1 Å². The molecule has 0 aromatic heterocycles. The van der Waals surface area contributed by atoms with Crippen LogP contribution in [0.1, 0.15) is 24.1 Å². The molecule has 160 valence electrons. The molecule has 1 aliphatic rings. The summed E-state index contributed by atoms with van der Waals surface area (Å²) in [6.45, 7) is 5.78. The van der Waals surface area contributed by atoms with Gasteiger partial charge in [-0.3, -0.25) is 14.5 Å². The van der Waals surface area contributed by atoms with E-state index in [1.165, 1.54) is 12.1 Å². The molecule has 2 N–H and O–H groups in total. The Bertz CT molecular complexity index is 864. The SMILES string of the molecule is CCc1ccccc1NC(=O)C(=O)NC[C@H](c1ccc(F)cc1)N1CCN(C)CC1. The molecule has 2 aromatic rings. The predicted octanol–water partition coefficient (Wildman–Crippen LogP) is 2.43. The normalized spacial score (nSPS) is 16.1. The number of amides is 2. The number of piperazine rings is 1. The van der Waals surface area contributed by atoms with Crippen molar-refractivity contribution in [3.63, 3.8) is 0 Å². The number of hydrogen-bond acceptors (Lipinski definition) is 4. The first-order valence-corrected chi connectivity index (χ1v) is 10.3. The van der Waals surface area contributed by atoms with Crippen molar-refractivity contribution >= 4 is 17.5 Å². The van der Waals surface area contributed by atoms with E-state index in [2.05, 4.69) is 27.5 Å². The van der Waals surface area contributed by atoms with Crippen molar-refractivity contribution in [1.82, 2.24) is 15.1 Å². The molecule has 3 rings (SSSR count). The Morgan fingerprint density at radius 1 is 1.00 bits per heavy atom. The number of rotatable bonds is 6. The summed E-state index contributed by atoms with van der Waals surface area (Å²) in [7, 11) is 2.07. The van der Waals surface area contributed by atoms with Crippen LogP contribution in [-0.2, 0) is 16.0 Å². The molecular formula is C23H29FN4O2. The molecule has 0 aliphatic carbocycles. The Balaban J connectivity index is 1.66. The largest absolute Gasteiger partial charge is 0.346 e. The van der Waals surface area contributed by atoms with Crippen molar-refractivity contribution in [1.29, 1.82) is 0 Å². The third-order valence-corrected chi connectivity index (χ3v) is 5.54. The number of benzene rings is 2. The summed E-state index contributed by atoms with van der Waals surface area (Å²) in [4.78, 5) is 29.4. The van der Waals surface area contributed by atoms with Crippen LogP contribution in [0.3, 0.4) is 0 Å². The highest BCUT2D eigenvalue weighted by Crippen LogP contribution is 2.22. The molecule has 0 unspecified atom stereocenters. The lowest BCUT2D eigenvalue weighted by Crippen LogP contribution is -2.49. The van der Waals surface area contributed by atoms with Gasteiger partial charge in [0, 0.05) is 38.4 Å². The Morgan fingerprint density at radius 2 is 1.67 bits per heavy atom. The zero-order chi connectivity index (χ0) is 21.5. The first-order valence-electron chi connectivity index (χ1n) is 10.3. The molecule has 2 aromatic carbocycles. The third-order valence-electron chi connectivity index (χ3n) is 5.54. The highest BCUT2D eigenvalue weighted by Gasteiger charge is 2.25. The van der Waals surface area contributed by atoms with E-state index in [-0.39, 0.29) is 18.4 Å². The van der Waals surface area contributed by atoms with Gasteiger partial charge < -0.3 is 15.5 Å². The van der Waals surface area contributed by atoms with Gasteiger partial charge in [0.1, 0.15) is 5.82 Å². The number of nitrogens with one attached hydrogen (secondary N) is 2. The molecule has 6 nitrogen and oxygen atoms in total. The second-order valence-corrected chi connectivity index (χ2v) is 7.58. The summed E-state index contributed by atoms with van der Waals surface area (Å²) in [5.41, 5.74) is 2.53. The van der Waals surface area contributed by atoms with Crippen molar-refractivity contribution in [2.24, 2.45) is 0 Å². The van der Waals surface area contributed by atoms with E-state index in [9.17, 15) is 14.0 Å². The first kappa shape index (κ1) is 21.9. The average molecular weight is 413 g/mol. The summed E-state index contributed by atoms with van der Waals surface area (Å²) in [5.74, 6) is -1.66. The van der Waals surface area contributed by atoms with E-state index < -0.39 is 11.8 Å². The highest BCUT2D eigenvalue weighted by atomic mass is 19.1. The molecule has 1 fully saturated rings. The minimum Gasteiger partial charge on any atom is -0.346 e. The van der Waals surface area contributed by atoms with Crippen molar-refractivity contribution in [3.05, 3.63) is 65.5 Å². The third kappa shape index (κ3) is 5.64. The van der Waals surface area contributed by atoms with Crippen molar-refractivity contribution < 1.29 is 14.0 Å². The molecule has 1 heterocycles. The lowest BCUT2D eigenvalue weighted by atomic mass is 10.0. The van der Waals surface area contributed by atoms with Crippen LogP contribution < -0.4 is 10.6 Å². The molecule has 0 radical (unpaired) electrons. The molecule has 1 saturated heterocycles. The molecule has 0 saturated carbocycles. The summed E-state index contributed by atoms with van der Waals surface area (Å²) in [5, 5.41) is 5.46. The number of para-hydroxylation sites is 1. The van der Waals surface area contributed by atoms with Gasteiger partial charge >= 0.3 is 11.8 Å². The Morgan fingerprint density at radius 3 is 2.33 bits per heavy atom.